The van der Waals surface area contributed by atoms with Gasteiger partial charge in [-0.3, -0.25) is 9.97 Å². The standard InChI is InChI=1S/C23H21N3O/c1-15-8-11-19(16(2)14-15)26-22(20-7-3-4-12-24-20)18-10-9-17-6-5-13-25-21(17)23(18)27/h3-14,22,26-27H,1-2H3/t22-/m1/s1. The van der Waals surface area contributed by atoms with E-state index in [-0.39, 0.29) is 11.8 Å². The van der Waals surface area contributed by atoms with Gasteiger partial charge in [-0.05, 0) is 43.7 Å². The number of phenolic OH excluding ortho intramolecular Hbond substituents is 1. The Bertz CT molecular complexity index is 1090. The molecular weight excluding hydrogens is 334 g/mol. The number of aromatic nitrogens is 2. The first kappa shape index (κ1) is 17.0. The Kier molecular flexibility index (Phi) is 4.47. The van der Waals surface area contributed by atoms with Crippen LogP contribution in [0.15, 0.2) is 73.1 Å². The van der Waals surface area contributed by atoms with Gasteiger partial charge in [0, 0.05) is 29.0 Å². The molecule has 2 heterocycles. The average molecular weight is 355 g/mol. The van der Waals surface area contributed by atoms with Crippen LogP contribution in [-0.2, 0) is 0 Å². The minimum atomic E-state index is -0.293. The molecule has 0 unspecified atom stereocenters. The fourth-order valence-electron chi connectivity index (χ4n) is 3.37. The van der Waals surface area contributed by atoms with E-state index in [0.717, 1.165) is 27.9 Å². The van der Waals surface area contributed by atoms with E-state index in [1.807, 2.05) is 42.5 Å². The molecule has 0 bridgehead atoms. The molecule has 1 atom stereocenters. The molecule has 134 valence electrons. The molecule has 0 aliphatic rings. The Morgan fingerprint density at radius 1 is 0.889 bits per heavy atom. The van der Waals surface area contributed by atoms with Crippen LogP contribution >= 0.6 is 0 Å². The maximum Gasteiger partial charge on any atom is 0.147 e. The van der Waals surface area contributed by atoms with Gasteiger partial charge in [-0.15, -0.1) is 0 Å². The predicted octanol–water partition coefficient (Wildman–Crippen LogP) is 5.15. The van der Waals surface area contributed by atoms with Crippen LogP contribution in [0.4, 0.5) is 5.69 Å². The van der Waals surface area contributed by atoms with E-state index in [1.54, 1.807) is 12.4 Å². The van der Waals surface area contributed by atoms with Crippen molar-refractivity contribution in [3.8, 4) is 5.75 Å². The van der Waals surface area contributed by atoms with Gasteiger partial charge in [0.15, 0.2) is 0 Å². The summed E-state index contributed by atoms with van der Waals surface area (Å²) >= 11 is 0. The highest BCUT2D eigenvalue weighted by Gasteiger charge is 2.21. The molecule has 4 nitrogen and oxygen atoms in total. The Morgan fingerprint density at radius 2 is 1.74 bits per heavy atom. The van der Waals surface area contributed by atoms with E-state index >= 15 is 0 Å². The summed E-state index contributed by atoms with van der Waals surface area (Å²) in [7, 11) is 0. The van der Waals surface area contributed by atoms with Crippen molar-refractivity contribution in [2.45, 2.75) is 19.9 Å². The minimum Gasteiger partial charge on any atom is -0.505 e. The molecule has 4 rings (SSSR count). The van der Waals surface area contributed by atoms with Crippen molar-refractivity contribution < 1.29 is 5.11 Å². The molecule has 0 fully saturated rings. The molecule has 0 saturated heterocycles. The molecule has 2 aromatic carbocycles. The molecule has 0 amide bonds. The maximum atomic E-state index is 10.9. The highest BCUT2D eigenvalue weighted by atomic mass is 16.3. The zero-order valence-corrected chi connectivity index (χ0v) is 15.3. The minimum absolute atomic E-state index is 0.181. The second-order valence-electron chi connectivity index (χ2n) is 6.73. The van der Waals surface area contributed by atoms with Crippen LogP contribution in [0.2, 0.25) is 0 Å². The quantitative estimate of drug-likeness (QED) is 0.531. The Hall–Kier alpha value is -3.40. The highest BCUT2D eigenvalue weighted by Crippen LogP contribution is 2.36. The monoisotopic (exact) mass is 355 g/mol. The number of fused-ring (bicyclic) bond motifs is 1. The number of benzene rings is 2. The van der Waals surface area contributed by atoms with Gasteiger partial charge in [0.25, 0.3) is 0 Å². The summed E-state index contributed by atoms with van der Waals surface area (Å²) in [5.74, 6) is 0.181. The average Bonchev–Trinajstić information content (AvgIpc) is 2.69. The normalized spacial score (nSPS) is 12.1. The first-order chi connectivity index (χ1) is 13.1. The number of anilines is 1. The lowest BCUT2D eigenvalue weighted by Crippen LogP contribution is -2.15. The highest BCUT2D eigenvalue weighted by molar-refractivity contribution is 5.86. The van der Waals surface area contributed by atoms with Gasteiger partial charge in [0.1, 0.15) is 11.3 Å². The smallest absolute Gasteiger partial charge is 0.147 e. The largest absolute Gasteiger partial charge is 0.505 e. The molecular formula is C23H21N3O. The van der Waals surface area contributed by atoms with Gasteiger partial charge >= 0.3 is 0 Å². The third kappa shape index (κ3) is 3.34. The number of nitrogens with zero attached hydrogens (tertiary/aromatic N) is 2. The maximum absolute atomic E-state index is 10.9. The number of nitrogens with one attached hydrogen (secondary N) is 1. The van der Waals surface area contributed by atoms with Crippen molar-refractivity contribution in [3.05, 3.63) is 95.4 Å². The molecule has 0 saturated carbocycles. The Labute approximate surface area is 158 Å². The Morgan fingerprint density at radius 3 is 2.52 bits per heavy atom. The van der Waals surface area contributed by atoms with Crippen molar-refractivity contribution in [2.75, 3.05) is 5.32 Å². The first-order valence-electron chi connectivity index (χ1n) is 8.95. The number of aromatic hydroxyl groups is 1. The van der Waals surface area contributed by atoms with E-state index < -0.39 is 0 Å². The van der Waals surface area contributed by atoms with Crippen molar-refractivity contribution in [1.82, 2.24) is 9.97 Å². The zero-order valence-electron chi connectivity index (χ0n) is 15.3. The molecule has 2 N–H and O–H groups in total. The lowest BCUT2D eigenvalue weighted by atomic mass is 9.98. The van der Waals surface area contributed by atoms with Crippen LogP contribution in [0, 0.1) is 13.8 Å². The Balaban J connectivity index is 1.85. The number of hydrogen-bond acceptors (Lipinski definition) is 4. The summed E-state index contributed by atoms with van der Waals surface area (Å²) in [4.78, 5) is 8.88. The van der Waals surface area contributed by atoms with Gasteiger partial charge in [-0.25, -0.2) is 0 Å². The van der Waals surface area contributed by atoms with E-state index in [0.29, 0.717) is 5.52 Å². The fourth-order valence-corrected chi connectivity index (χ4v) is 3.37. The molecule has 0 aliphatic heterocycles. The third-order valence-electron chi connectivity index (χ3n) is 4.76. The van der Waals surface area contributed by atoms with Gasteiger partial charge in [0.2, 0.25) is 0 Å². The second-order valence-corrected chi connectivity index (χ2v) is 6.73. The summed E-state index contributed by atoms with van der Waals surface area (Å²) in [5.41, 5.74) is 5.55. The van der Waals surface area contributed by atoms with E-state index in [2.05, 4.69) is 47.3 Å². The molecule has 0 radical (unpaired) electrons. The molecule has 0 aliphatic carbocycles. The van der Waals surface area contributed by atoms with E-state index in [4.69, 9.17) is 0 Å². The van der Waals surface area contributed by atoms with Gasteiger partial charge in [0.05, 0.1) is 11.7 Å². The van der Waals surface area contributed by atoms with Crippen LogP contribution < -0.4 is 5.32 Å². The molecule has 4 heteroatoms. The zero-order chi connectivity index (χ0) is 18.8. The summed E-state index contributed by atoms with van der Waals surface area (Å²) in [6.45, 7) is 4.15. The van der Waals surface area contributed by atoms with E-state index in [1.165, 1.54) is 5.56 Å². The van der Waals surface area contributed by atoms with Crippen LogP contribution in [0.3, 0.4) is 0 Å². The first-order valence-corrected chi connectivity index (χ1v) is 8.95. The number of rotatable bonds is 4. The van der Waals surface area contributed by atoms with Crippen molar-refractivity contribution in [2.24, 2.45) is 0 Å². The number of phenols is 1. The molecule has 27 heavy (non-hydrogen) atoms. The summed E-state index contributed by atoms with van der Waals surface area (Å²) in [6.07, 6.45) is 3.46. The second kappa shape index (κ2) is 7.08. The lowest BCUT2D eigenvalue weighted by molar-refractivity contribution is 0.471. The third-order valence-corrected chi connectivity index (χ3v) is 4.76. The summed E-state index contributed by atoms with van der Waals surface area (Å²) < 4.78 is 0. The number of aryl methyl sites for hydroxylation is 2. The molecule has 2 aromatic heterocycles. The SMILES string of the molecule is Cc1ccc(N[C@@H](c2ccccn2)c2ccc3cccnc3c2O)c(C)c1. The van der Waals surface area contributed by atoms with Crippen LogP contribution in [0.25, 0.3) is 10.9 Å². The molecule has 4 aromatic rings. The lowest BCUT2D eigenvalue weighted by Gasteiger charge is -2.23. The van der Waals surface area contributed by atoms with Crippen LogP contribution in [-0.4, -0.2) is 15.1 Å². The summed E-state index contributed by atoms with van der Waals surface area (Å²) in [6, 6.07) is 19.5. The fraction of sp³-hybridized carbons (Fsp3) is 0.130. The number of hydrogen-bond donors (Lipinski definition) is 2. The van der Waals surface area contributed by atoms with Crippen LogP contribution in [0.5, 0.6) is 5.75 Å². The van der Waals surface area contributed by atoms with Crippen molar-refractivity contribution in [3.63, 3.8) is 0 Å². The van der Waals surface area contributed by atoms with Crippen LogP contribution in [0.1, 0.15) is 28.4 Å². The molecule has 0 spiro atoms. The predicted molar refractivity (Wildman–Crippen MR) is 109 cm³/mol. The van der Waals surface area contributed by atoms with Gasteiger partial charge in [-0.1, -0.05) is 42.0 Å². The van der Waals surface area contributed by atoms with Gasteiger partial charge in [-0.2, -0.15) is 0 Å². The topological polar surface area (TPSA) is 58.0 Å². The summed E-state index contributed by atoms with van der Waals surface area (Å²) in [5, 5.41) is 15.4. The van der Waals surface area contributed by atoms with Crippen molar-refractivity contribution >= 4 is 16.6 Å². The van der Waals surface area contributed by atoms with E-state index in [9.17, 15) is 5.11 Å². The number of pyridine rings is 2. The van der Waals surface area contributed by atoms with Crippen molar-refractivity contribution in [1.29, 1.82) is 0 Å². The van der Waals surface area contributed by atoms with Gasteiger partial charge < -0.3 is 10.4 Å².